The first-order chi connectivity index (χ1) is 7.56. The molecule has 0 bridgehead atoms. The Labute approximate surface area is 95.3 Å². The molecule has 4 nitrogen and oxygen atoms in total. The quantitative estimate of drug-likeness (QED) is 0.764. The molecule has 0 spiro atoms. The summed E-state index contributed by atoms with van der Waals surface area (Å²) >= 11 is 0. The third kappa shape index (κ3) is 3.02. The molecule has 1 aromatic rings. The first-order valence-corrected chi connectivity index (χ1v) is 5.63. The minimum atomic E-state index is -0.410. The molecule has 0 aliphatic rings. The molecule has 16 heavy (non-hydrogen) atoms. The van der Waals surface area contributed by atoms with E-state index in [4.69, 9.17) is 0 Å². The van der Waals surface area contributed by atoms with Crippen molar-refractivity contribution in [3.05, 3.63) is 28.2 Å². The highest BCUT2D eigenvalue weighted by Gasteiger charge is 2.17. The Morgan fingerprint density at radius 1 is 1.50 bits per heavy atom. The predicted molar refractivity (Wildman–Crippen MR) is 62.5 cm³/mol. The van der Waals surface area contributed by atoms with Crippen molar-refractivity contribution in [2.45, 2.75) is 46.1 Å². The smallest absolute Gasteiger partial charge is 0.267 e. The van der Waals surface area contributed by atoms with Crippen LogP contribution < -0.4 is 5.56 Å². The fraction of sp³-hybridized carbons (Fsp3) is 0.583. The van der Waals surface area contributed by atoms with Crippen LogP contribution in [0.4, 0.5) is 0 Å². The number of ketones is 1. The van der Waals surface area contributed by atoms with Crippen molar-refractivity contribution in [2.75, 3.05) is 0 Å². The maximum atomic E-state index is 11.6. The van der Waals surface area contributed by atoms with Crippen LogP contribution in [0.3, 0.4) is 0 Å². The Bertz CT molecular complexity index is 423. The number of hydrogen-bond donors (Lipinski definition) is 0. The monoisotopic (exact) mass is 222 g/mol. The van der Waals surface area contributed by atoms with Gasteiger partial charge >= 0.3 is 0 Å². The highest BCUT2D eigenvalue weighted by atomic mass is 16.1. The molecule has 88 valence electrons. The van der Waals surface area contributed by atoms with E-state index in [-0.39, 0.29) is 11.3 Å². The molecule has 1 heterocycles. The first kappa shape index (κ1) is 12.6. The van der Waals surface area contributed by atoms with Crippen molar-refractivity contribution < 1.29 is 4.79 Å². The molecule has 0 N–H and O–H groups in total. The van der Waals surface area contributed by atoms with Crippen molar-refractivity contribution in [2.24, 2.45) is 0 Å². The highest BCUT2D eigenvalue weighted by Crippen LogP contribution is 2.13. The molecule has 1 rings (SSSR count). The van der Waals surface area contributed by atoms with E-state index in [1.54, 1.807) is 6.07 Å². The van der Waals surface area contributed by atoms with Crippen molar-refractivity contribution >= 4 is 5.78 Å². The van der Waals surface area contributed by atoms with Crippen molar-refractivity contribution in [3.8, 4) is 0 Å². The van der Waals surface area contributed by atoms with E-state index in [0.717, 1.165) is 18.5 Å². The largest absolute Gasteiger partial charge is 0.298 e. The average molecular weight is 222 g/mol. The summed E-state index contributed by atoms with van der Waals surface area (Å²) in [6.07, 6.45) is 2.61. The number of Topliss-reactive ketones (excluding diaryl/α,β-unsaturated/α-hetero) is 1. The van der Waals surface area contributed by atoms with E-state index in [9.17, 15) is 9.59 Å². The van der Waals surface area contributed by atoms with Crippen LogP contribution in [0.5, 0.6) is 0 Å². The minimum Gasteiger partial charge on any atom is -0.298 e. The number of unbranched alkanes of at least 4 members (excludes halogenated alkanes) is 1. The fourth-order valence-corrected chi connectivity index (χ4v) is 1.64. The molecule has 0 radical (unpaired) electrons. The number of hydrogen-bond acceptors (Lipinski definition) is 3. The van der Waals surface area contributed by atoms with E-state index >= 15 is 0 Å². The lowest BCUT2D eigenvalue weighted by molar-refractivity contribution is -0.120. The number of aromatic nitrogens is 2. The predicted octanol–water partition coefficient (Wildman–Crippen LogP) is 1.87. The molecule has 1 aromatic heterocycles. The van der Waals surface area contributed by atoms with Gasteiger partial charge in [0.15, 0.2) is 5.78 Å². The zero-order valence-electron chi connectivity index (χ0n) is 10.1. The van der Waals surface area contributed by atoms with Gasteiger partial charge in [-0.3, -0.25) is 9.59 Å². The summed E-state index contributed by atoms with van der Waals surface area (Å²) in [6.45, 7) is 5.38. The Hall–Kier alpha value is -1.45. The van der Waals surface area contributed by atoms with Crippen LogP contribution >= 0.6 is 0 Å². The lowest BCUT2D eigenvalue weighted by Gasteiger charge is -2.15. The Morgan fingerprint density at radius 2 is 2.19 bits per heavy atom. The van der Waals surface area contributed by atoms with E-state index in [2.05, 4.69) is 12.0 Å². The second-order valence-electron chi connectivity index (χ2n) is 4.03. The van der Waals surface area contributed by atoms with Crippen LogP contribution in [0.25, 0.3) is 0 Å². The molecule has 1 unspecified atom stereocenters. The topological polar surface area (TPSA) is 52.0 Å². The van der Waals surface area contributed by atoms with E-state index < -0.39 is 6.04 Å². The summed E-state index contributed by atoms with van der Waals surface area (Å²) in [4.78, 5) is 23.1. The van der Waals surface area contributed by atoms with Gasteiger partial charge in [0, 0.05) is 6.07 Å². The number of aryl methyl sites for hydroxylation is 1. The van der Waals surface area contributed by atoms with Crippen molar-refractivity contribution in [3.63, 3.8) is 0 Å². The third-order valence-electron chi connectivity index (χ3n) is 2.55. The van der Waals surface area contributed by atoms with E-state index in [1.165, 1.54) is 17.7 Å². The summed E-state index contributed by atoms with van der Waals surface area (Å²) in [5.74, 6) is -0.00588. The molecule has 0 aliphatic heterocycles. The lowest BCUT2D eigenvalue weighted by atomic mass is 10.1. The van der Waals surface area contributed by atoms with Crippen LogP contribution in [0.15, 0.2) is 16.9 Å². The standard InChI is InChI=1S/C12H18N2O2/c1-4-5-6-11(10(3)15)14-12(16)8-7-9(2)13-14/h7-8,11H,4-6H2,1-3H3. The normalized spacial score (nSPS) is 12.4. The van der Waals surface area contributed by atoms with Gasteiger partial charge in [-0.25, -0.2) is 4.68 Å². The van der Waals surface area contributed by atoms with Gasteiger partial charge in [0.25, 0.3) is 5.56 Å². The van der Waals surface area contributed by atoms with Crippen LogP contribution in [0.2, 0.25) is 0 Å². The van der Waals surface area contributed by atoms with Crippen molar-refractivity contribution in [1.82, 2.24) is 9.78 Å². The third-order valence-corrected chi connectivity index (χ3v) is 2.55. The molecular formula is C12H18N2O2. The van der Waals surface area contributed by atoms with Crippen molar-refractivity contribution in [1.29, 1.82) is 0 Å². The van der Waals surface area contributed by atoms with E-state index in [1.807, 2.05) is 6.92 Å². The molecule has 4 heteroatoms. The van der Waals surface area contributed by atoms with Crippen LogP contribution in [0, 0.1) is 6.92 Å². The van der Waals surface area contributed by atoms with Crippen LogP contribution in [0.1, 0.15) is 44.8 Å². The minimum absolute atomic E-state index is 0.00588. The second-order valence-corrected chi connectivity index (χ2v) is 4.03. The molecule has 0 fully saturated rings. The van der Waals surface area contributed by atoms with Gasteiger partial charge < -0.3 is 0 Å². The van der Waals surface area contributed by atoms with Gasteiger partial charge in [-0.1, -0.05) is 19.8 Å². The summed E-state index contributed by atoms with van der Waals surface area (Å²) in [7, 11) is 0. The molecule has 0 saturated carbocycles. The number of nitrogens with zero attached hydrogens (tertiary/aromatic N) is 2. The summed E-state index contributed by atoms with van der Waals surface area (Å²) in [5, 5.41) is 4.13. The number of carbonyl (C=O) groups excluding carboxylic acids is 1. The Balaban J connectivity index is 3.05. The van der Waals surface area contributed by atoms with Gasteiger partial charge in [0.2, 0.25) is 0 Å². The maximum absolute atomic E-state index is 11.6. The van der Waals surface area contributed by atoms with Gasteiger partial charge in [0.1, 0.15) is 6.04 Å². The van der Waals surface area contributed by atoms with Crippen LogP contribution in [-0.4, -0.2) is 15.6 Å². The molecule has 0 saturated heterocycles. The van der Waals surface area contributed by atoms with Gasteiger partial charge in [-0.2, -0.15) is 5.10 Å². The zero-order chi connectivity index (χ0) is 12.1. The zero-order valence-corrected chi connectivity index (χ0v) is 10.1. The Kier molecular flexibility index (Phi) is 4.40. The summed E-state index contributed by atoms with van der Waals surface area (Å²) < 4.78 is 1.31. The van der Waals surface area contributed by atoms with Crippen LogP contribution in [-0.2, 0) is 4.79 Å². The first-order valence-electron chi connectivity index (χ1n) is 5.63. The Morgan fingerprint density at radius 3 is 2.75 bits per heavy atom. The lowest BCUT2D eigenvalue weighted by Crippen LogP contribution is -2.31. The van der Waals surface area contributed by atoms with Gasteiger partial charge in [-0.15, -0.1) is 0 Å². The molecule has 0 aromatic carbocycles. The molecule has 0 aliphatic carbocycles. The summed E-state index contributed by atoms with van der Waals surface area (Å²) in [6, 6.07) is 2.72. The SMILES string of the molecule is CCCCC(C(C)=O)n1nc(C)ccc1=O. The van der Waals surface area contributed by atoms with Gasteiger partial charge in [0.05, 0.1) is 5.69 Å². The fourth-order valence-electron chi connectivity index (χ4n) is 1.64. The van der Waals surface area contributed by atoms with E-state index in [0.29, 0.717) is 6.42 Å². The molecule has 0 amide bonds. The average Bonchev–Trinajstić information content (AvgIpc) is 2.23. The molecule has 1 atom stereocenters. The molecular weight excluding hydrogens is 204 g/mol. The highest BCUT2D eigenvalue weighted by molar-refractivity contribution is 5.79. The second kappa shape index (κ2) is 5.58. The summed E-state index contributed by atoms with van der Waals surface area (Å²) in [5.41, 5.74) is 0.546. The van der Waals surface area contributed by atoms with Gasteiger partial charge in [-0.05, 0) is 26.3 Å². The number of rotatable bonds is 5. The number of carbonyl (C=O) groups is 1. The maximum Gasteiger partial charge on any atom is 0.267 e.